The lowest BCUT2D eigenvalue weighted by molar-refractivity contribution is -0.132. The zero-order valence-corrected chi connectivity index (χ0v) is 19.1. The molecule has 1 fully saturated rings. The molecule has 7 heteroatoms. The Morgan fingerprint density at radius 1 is 1.09 bits per heavy atom. The molecule has 0 spiro atoms. The van der Waals surface area contributed by atoms with E-state index >= 15 is 0 Å². The second-order valence-corrected chi connectivity index (χ2v) is 8.07. The molecule has 1 aliphatic heterocycles. The number of anilines is 1. The van der Waals surface area contributed by atoms with E-state index in [0.29, 0.717) is 18.7 Å². The molecule has 3 aromatic rings. The number of carbonyl (C=O) groups excluding carboxylic acids is 2. The molecular weight excluding hydrogens is 416 g/mol. The van der Waals surface area contributed by atoms with Crippen LogP contribution in [0.1, 0.15) is 29.8 Å². The van der Waals surface area contributed by atoms with Crippen LogP contribution in [0, 0.1) is 13.8 Å². The highest BCUT2D eigenvalue weighted by atomic mass is 16.5. The van der Waals surface area contributed by atoms with E-state index < -0.39 is 6.04 Å². The van der Waals surface area contributed by atoms with Gasteiger partial charge in [-0.25, -0.2) is 4.68 Å². The summed E-state index contributed by atoms with van der Waals surface area (Å²) in [6.45, 7) is 4.47. The summed E-state index contributed by atoms with van der Waals surface area (Å²) in [5.41, 5.74) is 4.35. The summed E-state index contributed by atoms with van der Waals surface area (Å²) in [6.07, 6.45) is 4.79. The summed E-state index contributed by atoms with van der Waals surface area (Å²) < 4.78 is 7.03. The molecule has 4 rings (SSSR count). The first kappa shape index (κ1) is 22.3. The summed E-state index contributed by atoms with van der Waals surface area (Å²) in [5, 5.41) is 7.53. The number of amides is 2. The molecule has 1 aliphatic rings. The molecule has 2 aromatic carbocycles. The van der Waals surface area contributed by atoms with Crippen LogP contribution in [0.3, 0.4) is 0 Å². The molecule has 0 bridgehead atoms. The standard InChI is InChI=1S/C26H28N4O3/c1-18-23(19(2)30(28-18)21-8-5-4-6-9-21)15-16-25(31)29-17-7-10-24(29)26(32)27-20-11-13-22(33-3)14-12-20/h4-6,8-9,11-16,24H,7,10,17H2,1-3H3,(H,27,32)/b16-15+. The van der Waals surface area contributed by atoms with Gasteiger partial charge in [0.15, 0.2) is 0 Å². The molecule has 0 aliphatic carbocycles. The third kappa shape index (κ3) is 4.82. The van der Waals surface area contributed by atoms with Crippen molar-refractivity contribution in [3.8, 4) is 11.4 Å². The minimum atomic E-state index is -0.488. The first-order valence-corrected chi connectivity index (χ1v) is 11.0. The zero-order chi connectivity index (χ0) is 23.4. The maximum absolute atomic E-state index is 13.0. The summed E-state index contributed by atoms with van der Waals surface area (Å²) >= 11 is 0. The molecule has 2 amide bonds. The van der Waals surface area contributed by atoms with Crippen molar-refractivity contribution in [1.29, 1.82) is 0 Å². The first-order chi connectivity index (χ1) is 16.0. The Bertz CT molecular complexity index is 1170. The Balaban J connectivity index is 1.46. The molecule has 170 valence electrons. The molecule has 33 heavy (non-hydrogen) atoms. The van der Waals surface area contributed by atoms with Gasteiger partial charge in [0.25, 0.3) is 0 Å². The number of para-hydroxylation sites is 1. The van der Waals surface area contributed by atoms with E-state index in [9.17, 15) is 9.59 Å². The van der Waals surface area contributed by atoms with E-state index in [4.69, 9.17) is 4.74 Å². The Labute approximate surface area is 193 Å². The van der Waals surface area contributed by atoms with Crippen molar-refractivity contribution in [3.63, 3.8) is 0 Å². The second kappa shape index (κ2) is 9.73. The van der Waals surface area contributed by atoms with Crippen molar-refractivity contribution >= 4 is 23.6 Å². The van der Waals surface area contributed by atoms with E-state index in [-0.39, 0.29) is 11.8 Å². The normalized spacial score (nSPS) is 15.7. The van der Waals surface area contributed by atoms with Crippen molar-refractivity contribution in [2.75, 3.05) is 19.0 Å². The van der Waals surface area contributed by atoms with Gasteiger partial charge < -0.3 is 15.0 Å². The van der Waals surface area contributed by atoms with Crippen LogP contribution in [-0.4, -0.2) is 46.2 Å². The van der Waals surface area contributed by atoms with Crippen LogP contribution in [-0.2, 0) is 9.59 Å². The molecule has 1 saturated heterocycles. The molecule has 7 nitrogen and oxygen atoms in total. The van der Waals surface area contributed by atoms with E-state index in [1.165, 1.54) is 0 Å². The molecule has 0 saturated carbocycles. The van der Waals surface area contributed by atoms with Gasteiger partial charge in [0, 0.05) is 29.6 Å². The third-order valence-corrected chi connectivity index (χ3v) is 5.94. The number of nitrogens with one attached hydrogen (secondary N) is 1. The highest BCUT2D eigenvalue weighted by Gasteiger charge is 2.33. The molecule has 1 atom stereocenters. The van der Waals surface area contributed by atoms with Gasteiger partial charge in [-0.05, 0) is 69.2 Å². The van der Waals surface area contributed by atoms with Crippen LogP contribution in [0.15, 0.2) is 60.7 Å². The average Bonchev–Trinajstić information content (AvgIpc) is 3.44. The van der Waals surface area contributed by atoms with Crippen molar-refractivity contribution in [2.45, 2.75) is 32.7 Å². The van der Waals surface area contributed by atoms with Gasteiger partial charge in [-0.2, -0.15) is 5.10 Å². The lowest BCUT2D eigenvalue weighted by Gasteiger charge is -2.22. The van der Waals surface area contributed by atoms with Gasteiger partial charge >= 0.3 is 0 Å². The highest BCUT2D eigenvalue weighted by molar-refractivity contribution is 6.00. The number of aromatic nitrogens is 2. The predicted octanol–water partition coefficient (Wildman–Crippen LogP) is 4.14. The van der Waals surface area contributed by atoms with Crippen molar-refractivity contribution in [2.24, 2.45) is 0 Å². The Morgan fingerprint density at radius 2 is 1.82 bits per heavy atom. The molecule has 1 unspecified atom stereocenters. The molecule has 1 aromatic heterocycles. The SMILES string of the molecule is COc1ccc(NC(=O)C2CCCN2C(=O)/C=C/c2c(C)nn(-c3ccccc3)c2C)cc1. The molecule has 1 N–H and O–H groups in total. The smallest absolute Gasteiger partial charge is 0.247 e. The molecular formula is C26H28N4O3. The summed E-state index contributed by atoms with van der Waals surface area (Å²) in [6, 6.07) is 16.5. The number of carbonyl (C=O) groups is 2. The van der Waals surface area contributed by atoms with E-state index in [2.05, 4.69) is 10.4 Å². The van der Waals surface area contributed by atoms with Gasteiger partial charge in [0.2, 0.25) is 11.8 Å². The van der Waals surface area contributed by atoms with Crippen LogP contribution in [0.2, 0.25) is 0 Å². The van der Waals surface area contributed by atoms with Gasteiger partial charge in [-0.3, -0.25) is 9.59 Å². The number of aryl methyl sites for hydroxylation is 1. The fourth-order valence-corrected chi connectivity index (χ4v) is 4.17. The monoisotopic (exact) mass is 444 g/mol. The second-order valence-electron chi connectivity index (χ2n) is 8.07. The average molecular weight is 445 g/mol. The number of hydrogen-bond acceptors (Lipinski definition) is 4. The van der Waals surface area contributed by atoms with E-state index in [1.54, 1.807) is 48.4 Å². The highest BCUT2D eigenvalue weighted by Crippen LogP contribution is 2.23. The number of benzene rings is 2. The number of hydrogen-bond donors (Lipinski definition) is 1. The molecule has 0 radical (unpaired) electrons. The van der Waals surface area contributed by atoms with Crippen LogP contribution in [0.5, 0.6) is 5.75 Å². The Morgan fingerprint density at radius 3 is 2.52 bits per heavy atom. The lowest BCUT2D eigenvalue weighted by atomic mass is 10.1. The number of methoxy groups -OCH3 is 1. The third-order valence-electron chi connectivity index (χ3n) is 5.94. The quantitative estimate of drug-likeness (QED) is 0.580. The minimum absolute atomic E-state index is 0.173. The van der Waals surface area contributed by atoms with Gasteiger partial charge in [0.1, 0.15) is 11.8 Å². The molecule has 2 heterocycles. The largest absolute Gasteiger partial charge is 0.497 e. The van der Waals surface area contributed by atoms with Gasteiger partial charge in [-0.15, -0.1) is 0 Å². The maximum atomic E-state index is 13.0. The van der Waals surface area contributed by atoms with E-state index in [1.807, 2.05) is 48.9 Å². The van der Waals surface area contributed by atoms with Gasteiger partial charge in [-0.1, -0.05) is 18.2 Å². The van der Waals surface area contributed by atoms with Crippen LogP contribution < -0.4 is 10.1 Å². The number of rotatable bonds is 6. The fourth-order valence-electron chi connectivity index (χ4n) is 4.17. The van der Waals surface area contributed by atoms with Crippen molar-refractivity contribution in [1.82, 2.24) is 14.7 Å². The van der Waals surface area contributed by atoms with Crippen LogP contribution in [0.4, 0.5) is 5.69 Å². The maximum Gasteiger partial charge on any atom is 0.247 e. The van der Waals surface area contributed by atoms with Crippen molar-refractivity contribution < 1.29 is 14.3 Å². The number of likely N-dealkylation sites (tertiary alicyclic amines) is 1. The van der Waals surface area contributed by atoms with E-state index in [0.717, 1.165) is 34.8 Å². The summed E-state index contributed by atoms with van der Waals surface area (Å²) in [7, 11) is 1.60. The predicted molar refractivity (Wildman–Crippen MR) is 128 cm³/mol. The van der Waals surface area contributed by atoms with Crippen LogP contribution >= 0.6 is 0 Å². The first-order valence-electron chi connectivity index (χ1n) is 11.0. The Hall–Kier alpha value is -3.87. The summed E-state index contributed by atoms with van der Waals surface area (Å²) in [5.74, 6) is 0.370. The van der Waals surface area contributed by atoms with Gasteiger partial charge in [0.05, 0.1) is 18.5 Å². The zero-order valence-electron chi connectivity index (χ0n) is 19.1. The Kier molecular flexibility index (Phi) is 6.58. The number of nitrogens with zero attached hydrogens (tertiary/aromatic N) is 3. The number of ether oxygens (including phenoxy) is 1. The van der Waals surface area contributed by atoms with Crippen LogP contribution in [0.25, 0.3) is 11.8 Å². The topological polar surface area (TPSA) is 76.5 Å². The summed E-state index contributed by atoms with van der Waals surface area (Å²) in [4.78, 5) is 27.5. The fraction of sp³-hybridized carbons (Fsp3) is 0.269. The van der Waals surface area contributed by atoms with Crippen molar-refractivity contribution in [3.05, 3.63) is 77.6 Å². The minimum Gasteiger partial charge on any atom is -0.497 e. The lowest BCUT2D eigenvalue weighted by Crippen LogP contribution is -2.42.